The topological polar surface area (TPSA) is 21.3 Å². The standard InChI is InChI=1S/C14H21NO/c1-3-15-12-7-8-14(10-12)16-13-6-4-5-11(2)9-13/h4-6,9,12,14-15H,3,7-8,10H2,1-2H3. The number of hydrogen-bond acceptors (Lipinski definition) is 2. The van der Waals surface area contributed by atoms with E-state index >= 15 is 0 Å². The maximum Gasteiger partial charge on any atom is 0.119 e. The summed E-state index contributed by atoms with van der Waals surface area (Å²) < 4.78 is 5.99. The average Bonchev–Trinajstić information content (AvgIpc) is 2.66. The van der Waals surface area contributed by atoms with Crippen molar-refractivity contribution in [2.24, 2.45) is 0 Å². The molecular formula is C14H21NO. The molecule has 1 aromatic rings. The van der Waals surface area contributed by atoms with Gasteiger partial charge in [0.25, 0.3) is 0 Å². The van der Waals surface area contributed by atoms with Crippen LogP contribution in [-0.4, -0.2) is 18.7 Å². The Hall–Kier alpha value is -1.02. The fourth-order valence-corrected chi connectivity index (χ4v) is 2.40. The number of ether oxygens (including phenoxy) is 1. The number of aryl methyl sites for hydroxylation is 1. The summed E-state index contributed by atoms with van der Waals surface area (Å²) in [6.45, 7) is 5.32. The van der Waals surface area contributed by atoms with Gasteiger partial charge in [0, 0.05) is 6.04 Å². The van der Waals surface area contributed by atoms with E-state index in [2.05, 4.69) is 37.4 Å². The lowest BCUT2D eigenvalue weighted by Gasteiger charge is -2.14. The van der Waals surface area contributed by atoms with E-state index in [-0.39, 0.29) is 0 Å². The Balaban J connectivity index is 1.87. The Labute approximate surface area is 98.0 Å². The molecule has 0 saturated heterocycles. The molecule has 1 saturated carbocycles. The molecule has 0 radical (unpaired) electrons. The van der Waals surface area contributed by atoms with Crippen molar-refractivity contribution < 1.29 is 4.74 Å². The predicted octanol–water partition coefficient (Wildman–Crippen LogP) is 2.90. The van der Waals surface area contributed by atoms with E-state index in [0.717, 1.165) is 18.7 Å². The molecule has 0 amide bonds. The smallest absolute Gasteiger partial charge is 0.119 e. The molecule has 1 aliphatic carbocycles. The van der Waals surface area contributed by atoms with Gasteiger partial charge in [0.05, 0.1) is 0 Å². The highest BCUT2D eigenvalue weighted by Gasteiger charge is 2.25. The van der Waals surface area contributed by atoms with Gasteiger partial charge in [0.2, 0.25) is 0 Å². The van der Waals surface area contributed by atoms with Crippen molar-refractivity contribution in [3.63, 3.8) is 0 Å². The third-order valence-corrected chi connectivity index (χ3v) is 3.17. The van der Waals surface area contributed by atoms with E-state index in [0.29, 0.717) is 12.1 Å². The molecule has 1 aromatic carbocycles. The molecule has 2 heteroatoms. The second kappa shape index (κ2) is 5.35. The molecule has 16 heavy (non-hydrogen) atoms. The van der Waals surface area contributed by atoms with Crippen LogP contribution in [0.25, 0.3) is 0 Å². The zero-order valence-electron chi connectivity index (χ0n) is 10.2. The van der Waals surface area contributed by atoms with Crippen LogP contribution in [0.4, 0.5) is 0 Å². The van der Waals surface area contributed by atoms with Gasteiger partial charge in [-0.25, -0.2) is 0 Å². The van der Waals surface area contributed by atoms with Crippen LogP contribution in [0.5, 0.6) is 5.75 Å². The average molecular weight is 219 g/mol. The zero-order valence-corrected chi connectivity index (χ0v) is 10.2. The van der Waals surface area contributed by atoms with Crippen molar-refractivity contribution in [2.45, 2.75) is 45.3 Å². The molecular weight excluding hydrogens is 198 g/mol. The van der Waals surface area contributed by atoms with Crippen LogP contribution in [-0.2, 0) is 0 Å². The maximum atomic E-state index is 5.99. The summed E-state index contributed by atoms with van der Waals surface area (Å²) in [4.78, 5) is 0. The van der Waals surface area contributed by atoms with Gasteiger partial charge >= 0.3 is 0 Å². The molecule has 0 spiro atoms. The molecule has 1 N–H and O–H groups in total. The van der Waals surface area contributed by atoms with Gasteiger partial charge in [-0.15, -0.1) is 0 Å². The lowest BCUT2D eigenvalue weighted by molar-refractivity contribution is 0.206. The summed E-state index contributed by atoms with van der Waals surface area (Å²) in [5, 5.41) is 3.49. The van der Waals surface area contributed by atoms with E-state index < -0.39 is 0 Å². The minimum Gasteiger partial charge on any atom is -0.490 e. The first kappa shape index (κ1) is 11.5. The van der Waals surface area contributed by atoms with Crippen molar-refractivity contribution in [1.29, 1.82) is 0 Å². The Morgan fingerprint density at radius 2 is 2.25 bits per heavy atom. The van der Waals surface area contributed by atoms with Crippen LogP contribution >= 0.6 is 0 Å². The molecule has 0 heterocycles. The summed E-state index contributed by atoms with van der Waals surface area (Å²) in [7, 11) is 0. The summed E-state index contributed by atoms with van der Waals surface area (Å²) >= 11 is 0. The van der Waals surface area contributed by atoms with Crippen LogP contribution in [0.1, 0.15) is 31.7 Å². The van der Waals surface area contributed by atoms with E-state index in [1.165, 1.54) is 18.4 Å². The number of hydrogen-bond donors (Lipinski definition) is 1. The van der Waals surface area contributed by atoms with E-state index in [4.69, 9.17) is 4.74 Å². The highest BCUT2D eigenvalue weighted by molar-refractivity contribution is 5.27. The van der Waals surface area contributed by atoms with Crippen molar-refractivity contribution >= 4 is 0 Å². The summed E-state index contributed by atoms with van der Waals surface area (Å²) in [6, 6.07) is 8.97. The van der Waals surface area contributed by atoms with Gasteiger partial charge in [-0.2, -0.15) is 0 Å². The normalized spacial score (nSPS) is 24.6. The monoisotopic (exact) mass is 219 g/mol. The molecule has 0 bridgehead atoms. The van der Waals surface area contributed by atoms with E-state index in [1.54, 1.807) is 0 Å². The van der Waals surface area contributed by atoms with Gasteiger partial charge in [-0.1, -0.05) is 19.1 Å². The Kier molecular flexibility index (Phi) is 3.83. The second-order valence-electron chi connectivity index (χ2n) is 4.62. The molecule has 88 valence electrons. The zero-order chi connectivity index (χ0) is 11.4. The summed E-state index contributed by atoms with van der Waals surface area (Å²) in [5.41, 5.74) is 1.26. The van der Waals surface area contributed by atoms with Crippen LogP contribution in [0.3, 0.4) is 0 Å². The Bertz CT molecular complexity index is 337. The van der Waals surface area contributed by atoms with Crippen LogP contribution in [0.2, 0.25) is 0 Å². The molecule has 0 aromatic heterocycles. The van der Waals surface area contributed by atoms with Gasteiger partial charge in [0.15, 0.2) is 0 Å². The third kappa shape index (κ3) is 2.99. The maximum absolute atomic E-state index is 5.99. The van der Waals surface area contributed by atoms with Crippen molar-refractivity contribution in [3.8, 4) is 5.75 Å². The molecule has 2 atom stereocenters. The first-order valence-corrected chi connectivity index (χ1v) is 6.24. The minimum absolute atomic E-state index is 0.394. The summed E-state index contributed by atoms with van der Waals surface area (Å²) in [6.07, 6.45) is 3.95. The molecule has 0 aliphatic heterocycles. The number of nitrogens with one attached hydrogen (secondary N) is 1. The van der Waals surface area contributed by atoms with Crippen molar-refractivity contribution in [1.82, 2.24) is 5.32 Å². The van der Waals surface area contributed by atoms with Gasteiger partial charge < -0.3 is 10.1 Å². The highest BCUT2D eigenvalue weighted by atomic mass is 16.5. The molecule has 2 rings (SSSR count). The Morgan fingerprint density at radius 1 is 1.38 bits per heavy atom. The SMILES string of the molecule is CCNC1CCC(Oc2cccc(C)c2)C1. The first-order chi connectivity index (χ1) is 7.78. The van der Waals surface area contributed by atoms with Crippen LogP contribution < -0.4 is 10.1 Å². The highest BCUT2D eigenvalue weighted by Crippen LogP contribution is 2.25. The third-order valence-electron chi connectivity index (χ3n) is 3.17. The fraction of sp³-hybridized carbons (Fsp3) is 0.571. The number of benzene rings is 1. The minimum atomic E-state index is 0.394. The van der Waals surface area contributed by atoms with E-state index in [1.807, 2.05) is 6.07 Å². The lowest BCUT2D eigenvalue weighted by atomic mass is 10.2. The van der Waals surface area contributed by atoms with Crippen LogP contribution in [0.15, 0.2) is 24.3 Å². The van der Waals surface area contributed by atoms with Gasteiger partial charge in [-0.3, -0.25) is 0 Å². The summed E-state index contributed by atoms with van der Waals surface area (Å²) in [5.74, 6) is 1.02. The van der Waals surface area contributed by atoms with Gasteiger partial charge in [0.1, 0.15) is 11.9 Å². The van der Waals surface area contributed by atoms with E-state index in [9.17, 15) is 0 Å². The quantitative estimate of drug-likeness (QED) is 0.840. The molecule has 2 nitrogen and oxygen atoms in total. The Morgan fingerprint density at radius 3 is 3.00 bits per heavy atom. The molecule has 1 fully saturated rings. The second-order valence-corrected chi connectivity index (χ2v) is 4.62. The predicted molar refractivity (Wildman–Crippen MR) is 66.9 cm³/mol. The molecule has 1 aliphatic rings. The molecule has 2 unspecified atom stereocenters. The lowest BCUT2D eigenvalue weighted by Crippen LogP contribution is -2.27. The number of rotatable bonds is 4. The van der Waals surface area contributed by atoms with Crippen molar-refractivity contribution in [2.75, 3.05) is 6.54 Å². The van der Waals surface area contributed by atoms with Crippen molar-refractivity contribution in [3.05, 3.63) is 29.8 Å². The fourth-order valence-electron chi connectivity index (χ4n) is 2.40. The van der Waals surface area contributed by atoms with Crippen LogP contribution in [0, 0.1) is 6.92 Å². The van der Waals surface area contributed by atoms with Gasteiger partial charge in [-0.05, 0) is 50.4 Å². The largest absolute Gasteiger partial charge is 0.490 e. The first-order valence-electron chi connectivity index (χ1n) is 6.24.